The fourth-order valence-electron chi connectivity index (χ4n) is 3.96. The van der Waals surface area contributed by atoms with Crippen LogP contribution in [0.4, 0.5) is 5.69 Å². The maximum Gasteiger partial charge on any atom is 0.359 e. The van der Waals surface area contributed by atoms with E-state index in [0.717, 1.165) is 21.5 Å². The lowest BCUT2D eigenvalue weighted by molar-refractivity contribution is -0.132. The highest BCUT2D eigenvalue weighted by molar-refractivity contribution is 7.96. The molecule has 0 aromatic heterocycles. The van der Waals surface area contributed by atoms with Crippen LogP contribution in [0.1, 0.15) is 5.56 Å². The van der Waals surface area contributed by atoms with Crippen LogP contribution in [0.25, 0.3) is 6.08 Å². The summed E-state index contributed by atoms with van der Waals surface area (Å²) in [6.07, 6.45) is 1.72. The maximum atomic E-state index is 13.4. The van der Waals surface area contributed by atoms with Gasteiger partial charge in [0.25, 0.3) is 0 Å². The highest BCUT2D eigenvalue weighted by Crippen LogP contribution is 2.47. The topological polar surface area (TPSA) is 51.0 Å². The number of rotatable bonds is 7. The van der Waals surface area contributed by atoms with Crippen LogP contribution in [0.15, 0.2) is 132 Å². The number of methoxy groups -OCH3 is 1. The predicted octanol–water partition coefficient (Wildman–Crippen LogP) is 5.71. The van der Waals surface area contributed by atoms with Gasteiger partial charge in [0.2, 0.25) is 0 Å². The normalized spacial score (nSPS) is 11.2. The summed E-state index contributed by atoms with van der Waals surface area (Å²) >= 11 is 0. The van der Waals surface area contributed by atoms with E-state index in [1.165, 1.54) is 7.11 Å². The van der Waals surface area contributed by atoms with Gasteiger partial charge in [-0.05, 0) is 22.0 Å². The molecule has 4 nitrogen and oxygen atoms in total. The van der Waals surface area contributed by atoms with Gasteiger partial charge >= 0.3 is 5.97 Å². The molecule has 0 heterocycles. The van der Waals surface area contributed by atoms with Gasteiger partial charge in [-0.3, -0.25) is 0 Å². The van der Waals surface area contributed by atoms with E-state index >= 15 is 0 Å². The summed E-state index contributed by atoms with van der Waals surface area (Å²) in [5, 5.41) is 12.1. The molecule has 0 radical (unpaired) electrons. The molecule has 0 fully saturated rings. The van der Waals surface area contributed by atoms with Crippen molar-refractivity contribution < 1.29 is 9.53 Å². The van der Waals surface area contributed by atoms with Crippen LogP contribution in [0.5, 0.6) is 0 Å². The van der Waals surface area contributed by atoms with E-state index in [1.54, 1.807) is 6.08 Å². The van der Waals surface area contributed by atoms with Gasteiger partial charge in [-0.15, -0.1) is 10.2 Å². The summed E-state index contributed by atoms with van der Waals surface area (Å²) < 4.78 is 5.31. The van der Waals surface area contributed by atoms with Gasteiger partial charge in [0.15, 0.2) is 5.42 Å². The highest BCUT2D eigenvalue weighted by atomic mass is 31.2. The van der Waals surface area contributed by atoms with E-state index in [9.17, 15) is 4.79 Å². The Morgan fingerprint density at radius 1 is 0.735 bits per heavy atom. The third-order valence-electron chi connectivity index (χ3n) is 5.53. The first-order valence-electron chi connectivity index (χ1n) is 10.9. The maximum absolute atomic E-state index is 13.4. The number of azo groups is 1. The molecule has 0 saturated heterocycles. The molecule has 0 aliphatic rings. The number of hydrogen-bond donors (Lipinski definition) is 0. The average molecular weight is 465 g/mol. The number of esters is 1. The van der Waals surface area contributed by atoms with E-state index < -0.39 is 12.9 Å². The van der Waals surface area contributed by atoms with Crippen molar-refractivity contribution in [2.75, 3.05) is 7.11 Å². The quantitative estimate of drug-likeness (QED) is 0.200. The van der Waals surface area contributed by atoms with Crippen molar-refractivity contribution in [1.82, 2.24) is 0 Å². The van der Waals surface area contributed by atoms with Crippen LogP contribution in [0.2, 0.25) is 0 Å². The molecule has 168 valence electrons. The molecule has 0 unspecified atom stereocenters. The first-order chi connectivity index (χ1) is 16.7. The lowest BCUT2D eigenvalue weighted by Crippen LogP contribution is -2.33. The van der Waals surface area contributed by atoms with Crippen molar-refractivity contribution in [3.8, 4) is 0 Å². The lowest BCUT2D eigenvalue weighted by Gasteiger charge is -2.29. The Morgan fingerprint density at radius 3 is 1.62 bits per heavy atom. The van der Waals surface area contributed by atoms with Crippen molar-refractivity contribution in [2.45, 2.75) is 0 Å². The zero-order valence-corrected chi connectivity index (χ0v) is 19.8. The molecule has 0 saturated carbocycles. The monoisotopic (exact) mass is 464 g/mol. The van der Waals surface area contributed by atoms with E-state index in [0.29, 0.717) is 5.69 Å². The predicted molar refractivity (Wildman–Crippen MR) is 143 cm³/mol. The van der Waals surface area contributed by atoms with Crippen LogP contribution < -0.4 is 15.9 Å². The summed E-state index contributed by atoms with van der Waals surface area (Å²) in [4.78, 5) is 13.4. The van der Waals surface area contributed by atoms with Gasteiger partial charge in [-0.2, -0.15) is 0 Å². The minimum atomic E-state index is -2.74. The van der Waals surface area contributed by atoms with Crippen LogP contribution in [-0.2, 0) is 9.53 Å². The van der Waals surface area contributed by atoms with E-state index in [2.05, 4.69) is 16.8 Å². The molecule has 34 heavy (non-hydrogen) atoms. The van der Waals surface area contributed by atoms with Crippen LogP contribution >= 0.6 is 6.89 Å². The molecular formula is C29H25N2O2P. The minimum absolute atomic E-state index is 0.275. The molecule has 0 spiro atoms. The van der Waals surface area contributed by atoms with Gasteiger partial charge < -0.3 is 4.74 Å². The van der Waals surface area contributed by atoms with E-state index in [-0.39, 0.29) is 5.42 Å². The Bertz CT molecular complexity index is 1260. The Morgan fingerprint density at radius 2 is 1.18 bits per heavy atom. The summed E-state index contributed by atoms with van der Waals surface area (Å²) in [6, 6.07) is 37.6. The number of benzene rings is 4. The number of nitrogens with zero attached hydrogens (tertiary/aromatic N) is 2. The molecule has 0 atom stereocenters. The van der Waals surface area contributed by atoms with Gasteiger partial charge in [0.05, 0.1) is 12.8 Å². The van der Waals surface area contributed by atoms with Crippen LogP contribution in [0, 0.1) is 0 Å². The zero-order chi connectivity index (χ0) is 23.8. The third-order valence-corrected chi connectivity index (χ3v) is 9.65. The average Bonchev–Trinajstić information content (AvgIpc) is 2.92. The second-order valence-corrected chi connectivity index (χ2v) is 10.8. The molecule has 5 heteroatoms. The first-order valence-corrected chi connectivity index (χ1v) is 12.7. The van der Waals surface area contributed by atoms with Crippen LogP contribution in [-0.4, -0.2) is 18.5 Å². The number of ether oxygens (including phenoxy) is 1. The summed E-state index contributed by atoms with van der Waals surface area (Å²) in [5.41, 5.74) is 1.74. The largest absolute Gasteiger partial charge is 0.464 e. The number of hydrogen-bond acceptors (Lipinski definition) is 3. The molecule has 4 aromatic rings. The molecule has 0 amide bonds. The zero-order valence-electron chi connectivity index (χ0n) is 18.9. The molecule has 0 aliphatic carbocycles. The molecular weight excluding hydrogens is 439 g/mol. The van der Waals surface area contributed by atoms with Gasteiger partial charge in [0, 0.05) is 12.4 Å². The fraction of sp³-hybridized carbons (Fsp3) is 0.0345. The SMILES string of the molecule is C=Cc1ccccc1N=NC(C(=O)OC)=P(c1ccccc1)(c1ccccc1)c1ccccc1. The first kappa shape index (κ1) is 23.2. The molecule has 4 aromatic carbocycles. The Kier molecular flexibility index (Phi) is 7.31. The number of carbonyl (C=O) groups excluding carboxylic acids is 1. The number of carbonyl (C=O) groups is 1. The Hall–Kier alpha value is -4.01. The molecule has 0 aliphatic heterocycles. The van der Waals surface area contributed by atoms with Crippen molar-refractivity contribution in [2.24, 2.45) is 10.2 Å². The summed E-state index contributed by atoms with van der Waals surface area (Å²) in [7, 11) is 1.38. The van der Waals surface area contributed by atoms with Crippen molar-refractivity contribution in [3.63, 3.8) is 0 Å². The highest BCUT2D eigenvalue weighted by Gasteiger charge is 2.34. The molecule has 4 rings (SSSR count). The van der Waals surface area contributed by atoms with E-state index in [4.69, 9.17) is 4.74 Å². The van der Waals surface area contributed by atoms with Crippen molar-refractivity contribution in [1.29, 1.82) is 0 Å². The fourth-order valence-corrected chi connectivity index (χ4v) is 7.99. The third kappa shape index (κ3) is 4.41. The van der Waals surface area contributed by atoms with Gasteiger partial charge in [-0.1, -0.05) is 122 Å². The van der Waals surface area contributed by atoms with Crippen molar-refractivity contribution >= 4 is 45.9 Å². The van der Waals surface area contributed by atoms with Gasteiger partial charge in [-0.25, -0.2) is 4.79 Å². The van der Waals surface area contributed by atoms with Crippen LogP contribution in [0.3, 0.4) is 0 Å². The standard InChI is InChI=1S/C29H25N2O2P/c1-3-23-15-13-14-22-27(23)30-31-28(29(32)33-2)34(24-16-7-4-8-17-24,25-18-9-5-10-19-25)26-20-11-6-12-21-26/h3-22H,1H2,2H3. The van der Waals surface area contributed by atoms with Crippen molar-refractivity contribution in [3.05, 3.63) is 127 Å². The minimum Gasteiger partial charge on any atom is -0.464 e. The second-order valence-electron chi connectivity index (χ2n) is 7.46. The molecule has 0 bridgehead atoms. The summed E-state index contributed by atoms with van der Waals surface area (Å²) in [6.45, 7) is 1.13. The van der Waals surface area contributed by atoms with E-state index in [1.807, 2.05) is 115 Å². The lowest BCUT2D eigenvalue weighted by atomic mass is 10.2. The Balaban J connectivity index is 2.18. The second kappa shape index (κ2) is 10.7. The Labute approximate surface area is 200 Å². The smallest absolute Gasteiger partial charge is 0.359 e. The summed E-state index contributed by atoms with van der Waals surface area (Å²) in [5.74, 6) is -0.510. The molecule has 0 N–H and O–H groups in total. The van der Waals surface area contributed by atoms with Gasteiger partial charge in [0.1, 0.15) is 0 Å².